The molecule has 1 unspecified atom stereocenters. The van der Waals surface area contributed by atoms with Gasteiger partial charge in [0.05, 0.1) is 4.29 Å². The van der Waals surface area contributed by atoms with Crippen molar-refractivity contribution < 1.29 is 0 Å². The maximum absolute atomic E-state index is 5.70. The van der Waals surface area contributed by atoms with Crippen LogP contribution < -0.4 is 0 Å². The van der Waals surface area contributed by atoms with Crippen LogP contribution in [0, 0.1) is 0 Å². The Hall–Kier alpha value is -0.0200. The highest BCUT2D eigenvalue weighted by atomic mass is 79.9. The molecule has 0 amide bonds. The smallest absolute Gasteiger partial charge is 0.0886 e. The predicted molar refractivity (Wildman–Crippen MR) is 50.0 cm³/mol. The third-order valence-corrected chi connectivity index (χ3v) is 2.04. The van der Waals surface area contributed by atoms with Crippen molar-refractivity contribution in [2.45, 2.75) is 23.7 Å². The fourth-order valence-corrected chi connectivity index (χ4v) is 1.32. The normalized spacial score (nSPS) is 13.3. The Morgan fingerprint density at radius 2 is 2.45 bits per heavy atom. The number of aromatic nitrogens is 2. The van der Waals surface area contributed by atoms with Crippen LogP contribution in [-0.4, -0.2) is 14.1 Å². The molecule has 0 radical (unpaired) electrons. The summed E-state index contributed by atoms with van der Waals surface area (Å²) in [6.07, 6.45) is 5.77. The number of rotatable bonds is 4. The van der Waals surface area contributed by atoms with Crippen molar-refractivity contribution in [2.75, 3.05) is 0 Å². The summed E-state index contributed by atoms with van der Waals surface area (Å²) in [5.74, 6) is 0. The van der Waals surface area contributed by atoms with Gasteiger partial charge in [0.2, 0.25) is 0 Å². The first kappa shape index (κ1) is 9.07. The van der Waals surface area contributed by atoms with Crippen molar-refractivity contribution in [1.82, 2.24) is 9.78 Å². The number of alkyl halides is 2. The van der Waals surface area contributed by atoms with E-state index in [0.717, 1.165) is 19.4 Å². The first-order chi connectivity index (χ1) is 5.29. The summed E-state index contributed by atoms with van der Waals surface area (Å²) in [5, 5.41) is 4.07. The SMILES string of the molecule is ClC(Br)CCCn1cccn1. The van der Waals surface area contributed by atoms with Gasteiger partial charge in [-0.1, -0.05) is 15.9 Å². The Kier molecular flexibility index (Phi) is 3.94. The standard InChI is InChI=1S/C7H10BrClN2/c8-7(9)3-1-5-11-6-2-4-10-11/h2,4,6-7H,1,3,5H2. The first-order valence-corrected chi connectivity index (χ1v) is 4.90. The van der Waals surface area contributed by atoms with E-state index in [1.165, 1.54) is 0 Å². The van der Waals surface area contributed by atoms with Crippen LogP contribution in [-0.2, 0) is 6.54 Å². The van der Waals surface area contributed by atoms with Crippen LogP contribution in [0.4, 0.5) is 0 Å². The zero-order chi connectivity index (χ0) is 8.10. The Morgan fingerprint density at radius 3 is 3.00 bits per heavy atom. The average molecular weight is 238 g/mol. The van der Waals surface area contributed by atoms with Crippen molar-refractivity contribution in [3.05, 3.63) is 18.5 Å². The lowest BCUT2D eigenvalue weighted by Crippen LogP contribution is -1.99. The van der Waals surface area contributed by atoms with Crippen LogP contribution in [0.3, 0.4) is 0 Å². The van der Waals surface area contributed by atoms with Crippen LogP contribution in [0.1, 0.15) is 12.8 Å². The lowest BCUT2D eigenvalue weighted by atomic mass is 10.3. The molecule has 1 aromatic heterocycles. The van der Waals surface area contributed by atoms with Gasteiger partial charge >= 0.3 is 0 Å². The largest absolute Gasteiger partial charge is 0.273 e. The molecule has 1 atom stereocenters. The monoisotopic (exact) mass is 236 g/mol. The lowest BCUT2D eigenvalue weighted by molar-refractivity contribution is 0.570. The van der Waals surface area contributed by atoms with Crippen molar-refractivity contribution in [1.29, 1.82) is 0 Å². The molecule has 1 heterocycles. The van der Waals surface area contributed by atoms with E-state index < -0.39 is 0 Å². The summed E-state index contributed by atoms with van der Waals surface area (Å²) in [5.41, 5.74) is 0. The first-order valence-electron chi connectivity index (χ1n) is 3.54. The van der Waals surface area contributed by atoms with Gasteiger partial charge in [0.1, 0.15) is 0 Å². The molecule has 11 heavy (non-hydrogen) atoms. The molecular weight excluding hydrogens is 227 g/mol. The van der Waals surface area contributed by atoms with Crippen molar-refractivity contribution in [3.8, 4) is 0 Å². The molecule has 0 spiro atoms. The van der Waals surface area contributed by atoms with E-state index in [2.05, 4.69) is 21.0 Å². The Labute approximate surface area is 79.7 Å². The molecule has 1 aromatic rings. The number of hydrogen-bond acceptors (Lipinski definition) is 1. The fourth-order valence-electron chi connectivity index (χ4n) is 0.840. The van der Waals surface area contributed by atoms with Crippen LogP contribution in [0.25, 0.3) is 0 Å². The molecular formula is C7H10BrClN2. The maximum atomic E-state index is 5.70. The second kappa shape index (κ2) is 4.78. The Morgan fingerprint density at radius 1 is 1.64 bits per heavy atom. The summed E-state index contributed by atoms with van der Waals surface area (Å²) in [6, 6.07) is 1.92. The molecule has 4 heteroatoms. The van der Waals surface area contributed by atoms with E-state index in [-0.39, 0.29) is 4.29 Å². The molecule has 0 aliphatic heterocycles. The van der Waals surface area contributed by atoms with Crippen molar-refractivity contribution in [3.63, 3.8) is 0 Å². The van der Waals surface area contributed by atoms with E-state index in [0.29, 0.717) is 0 Å². The topological polar surface area (TPSA) is 17.8 Å². The predicted octanol–water partition coefficient (Wildman–Crippen LogP) is 2.62. The highest BCUT2D eigenvalue weighted by Crippen LogP contribution is 2.12. The Bertz CT molecular complexity index is 186. The minimum Gasteiger partial charge on any atom is -0.273 e. The average Bonchev–Trinajstić information content (AvgIpc) is 2.39. The minimum absolute atomic E-state index is 0.0954. The molecule has 0 saturated heterocycles. The quantitative estimate of drug-likeness (QED) is 0.736. The molecule has 2 nitrogen and oxygen atoms in total. The summed E-state index contributed by atoms with van der Waals surface area (Å²) in [6.45, 7) is 0.946. The van der Waals surface area contributed by atoms with Gasteiger partial charge in [-0.25, -0.2) is 0 Å². The maximum Gasteiger partial charge on any atom is 0.0886 e. The zero-order valence-electron chi connectivity index (χ0n) is 6.08. The fraction of sp³-hybridized carbons (Fsp3) is 0.571. The van der Waals surface area contributed by atoms with Crippen molar-refractivity contribution in [2.24, 2.45) is 0 Å². The van der Waals surface area contributed by atoms with Crippen LogP contribution in [0.2, 0.25) is 0 Å². The van der Waals surface area contributed by atoms with E-state index in [9.17, 15) is 0 Å². The van der Waals surface area contributed by atoms with E-state index in [1.54, 1.807) is 6.20 Å². The van der Waals surface area contributed by atoms with Crippen molar-refractivity contribution >= 4 is 27.5 Å². The molecule has 0 fully saturated rings. The molecule has 0 aromatic carbocycles. The minimum atomic E-state index is 0.0954. The van der Waals surface area contributed by atoms with Gasteiger partial charge in [0, 0.05) is 18.9 Å². The molecule has 0 saturated carbocycles. The van der Waals surface area contributed by atoms with Gasteiger partial charge < -0.3 is 0 Å². The molecule has 62 valence electrons. The Balaban J connectivity index is 2.14. The summed E-state index contributed by atoms with van der Waals surface area (Å²) in [4.78, 5) is 0. The molecule has 0 aliphatic carbocycles. The van der Waals surface area contributed by atoms with Gasteiger partial charge in [-0.05, 0) is 18.9 Å². The molecule has 0 N–H and O–H groups in total. The number of hydrogen-bond donors (Lipinski definition) is 0. The highest BCUT2D eigenvalue weighted by molar-refractivity contribution is 9.10. The summed E-state index contributed by atoms with van der Waals surface area (Å²) < 4.78 is 2.00. The second-order valence-electron chi connectivity index (χ2n) is 2.30. The number of halogens is 2. The van der Waals surface area contributed by atoms with Gasteiger partial charge in [-0.15, -0.1) is 11.6 Å². The molecule has 0 aliphatic rings. The van der Waals surface area contributed by atoms with Gasteiger partial charge in [-0.3, -0.25) is 4.68 Å². The van der Waals surface area contributed by atoms with Gasteiger partial charge in [-0.2, -0.15) is 5.10 Å². The highest BCUT2D eigenvalue weighted by Gasteiger charge is 1.97. The van der Waals surface area contributed by atoms with Crippen LogP contribution >= 0.6 is 27.5 Å². The van der Waals surface area contributed by atoms with Crippen LogP contribution in [0.15, 0.2) is 18.5 Å². The zero-order valence-corrected chi connectivity index (χ0v) is 8.42. The lowest BCUT2D eigenvalue weighted by Gasteiger charge is -2.01. The van der Waals surface area contributed by atoms with Gasteiger partial charge in [0.25, 0.3) is 0 Å². The number of aryl methyl sites for hydroxylation is 1. The van der Waals surface area contributed by atoms with Gasteiger partial charge in [0.15, 0.2) is 0 Å². The third-order valence-electron chi connectivity index (χ3n) is 1.37. The summed E-state index contributed by atoms with van der Waals surface area (Å²) >= 11 is 8.98. The number of nitrogens with zero attached hydrogens (tertiary/aromatic N) is 2. The third kappa shape index (κ3) is 3.77. The van der Waals surface area contributed by atoms with Crippen LogP contribution in [0.5, 0.6) is 0 Å². The van der Waals surface area contributed by atoms with E-state index >= 15 is 0 Å². The second-order valence-corrected chi connectivity index (χ2v) is 4.46. The summed E-state index contributed by atoms with van der Waals surface area (Å²) in [7, 11) is 0. The van der Waals surface area contributed by atoms with E-state index in [4.69, 9.17) is 11.6 Å². The molecule has 1 rings (SSSR count). The molecule has 0 bridgehead atoms. The van der Waals surface area contributed by atoms with E-state index in [1.807, 2.05) is 16.9 Å².